The highest BCUT2D eigenvalue weighted by atomic mass is 16.3. The smallest absolute Gasteiger partial charge is 0.139 e. The van der Waals surface area contributed by atoms with Crippen molar-refractivity contribution in [3.63, 3.8) is 0 Å². The SMILES string of the molecule is Cc1cc(C(C)C)ccc1N(c1ccc2cc3c(cc2c1)oc1cc2oc4cc5cc(N(c6ccc(C(C)C)cc6C)c6c(C)cccc6C)ccc5cc4c2cc13)c1c(C)cccc1C. The monoisotopic (exact) mass is 860 g/mol. The van der Waals surface area contributed by atoms with Gasteiger partial charge in [-0.25, -0.2) is 0 Å². The van der Waals surface area contributed by atoms with Gasteiger partial charge in [0.15, 0.2) is 0 Å². The minimum absolute atomic E-state index is 0.462. The third-order valence-corrected chi connectivity index (χ3v) is 14.0. The Bertz CT molecular complexity index is 3470. The second kappa shape index (κ2) is 15.7. The van der Waals surface area contributed by atoms with Gasteiger partial charge in [-0.2, -0.15) is 0 Å². The zero-order valence-corrected chi connectivity index (χ0v) is 39.7. The summed E-state index contributed by atoms with van der Waals surface area (Å²) in [6.45, 7) is 22.3. The number of anilines is 6. The van der Waals surface area contributed by atoms with Gasteiger partial charge in [-0.15, -0.1) is 0 Å². The molecule has 2 aromatic heterocycles. The Balaban J connectivity index is 1.01. The molecule has 0 N–H and O–H groups in total. The second-order valence-electron chi connectivity index (χ2n) is 19.4. The minimum atomic E-state index is 0.462. The molecule has 326 valence electrons. The average Bonchev–Trinajstić information content (AvgIpc) is 3.82. The molecule has 11 rings (SSSR count). The fraction of sp³-hybridized carbons (Fsp3) is 0.194. The van der Waals surface area contributed by atoms with E-state index in [1.165, 1.54) is 78.0 Å². The zero-order chi connectivity index (χ0) is 45.7. The third kappa shape index (κ3) is 6.81. The average molecular weight is 861 g/mol. The number of fused-ring (bicyclic) bond motifs is 8. The van der Waals surface area contributed by atoms with E-state index in [9.17, 15) is 0 Å². The van der Waals surface area contributed by atoms with Gasteiger partial charge in [-0.05, 0) is 186 Å². The minimum Gasteiger partial charge on any atom is -0.456 e. The first kappa shape index (κ1) is 41.4. The molecule has 4 nitrogen and oxygen atoms in total. The Morgan fingerprint density at radius 1 is 0.333 bits per heavy atom. The fourth-order valence-electron chi connectivity index (χ4n) is 10.5. The van der Waals surface area contributed by atoms with Crippen molar-refractivity contribution >= 4 is 99.5 Å². The van der Waals surface area contributed by atoms with Crippen LogP contribution in [0.3, 0.4) is 0 Å². The van der Waals surface area contributed by atoms with Crippen molar-refractivity contribution in [3.05, 3.63) is 190 Å². The molecular weight excluding hydrogens is 805 g/mol. The predicted octanol–water partition coefficient (Wildman–Crippen LogP) is 18.8. The maximum Gasteiger partial charge on any atom is 0.139 e. The van der Waals surface area contributed by atoms with Crippen LogP contribution in [-0.2, 0) is 0 Å². The molecule has 0 amide bonds. The van der Waals surface area contributed by atoms with E-state index in [0.717, 1.165) is 66.0 Å². The van der Waals surface area contributed by atoms with Crippen molar-refractivity contribution in [3.8, 4) is 0 Å². The summed E-state index contributed by atoms with van der Waals surface area (Å²) in [5, 5.41) is 8.97. The van der Waals surface area contributed by atoms with Gasteiger partial charge in [-0.1, -0.05) is 100 Å². The maximum atomic E-state index is 6.70. The van der Waals surface area contributed by atoms with Crippen LogP contribution in [0.5, 0.6) is 0 Å². The topological polar surface area (TPSA) is 32.8 Å². The van der Waals surface area contributed by atoms with E-state index in [4.69, 9.17) is 8.83 Å². The number of nitrogens with zero attached hydrogens (tertiary/aromatic N) is 2. The first-order valence-corrected chi connectivity index (χ1v) is 23.4. The van der Waals surface area contributed by atoms with E-state index >= 15 is 0 Å². The standard InChI is InChI=1S/C62H56N2O2/c1-35(2)43-19-23-55(41(9)25-43)63(61-37(5)13-11-14-38(61)6)49-21-17-45-29-51-53-33-54-52-30-46-18-22-50(28-48(46)32-58(52)66-60(54)34-59(53)65-57(51)31-47(45)27-49)64(62-39(7)15-12-16-40(62)8)56-24-20-44(36(3)4)26-42(56)10/h11-36H,1-10H3. The van der Waals surface area contributed by atoms with E-state index in [1.807, 2.05) is 0 Å². The third-order valence-electron chi connectivity index (χ3n) is 14.0. The van der Waals surface area contributed by atoms with Crippen LogP contribution >= 0.6 is 0 Å². The lowest BCUT2D eigenvalue weighted by Crippen LogP contribution is -2.14. The molecule has 0 radical (unpaired) electrons. The lowest BCUT2D eigenvalue weighted by Gasteiger charge is -2.30. The molecule has 66 heavy (non-hydrogen) atoms. The van der Waals surface area contributed by atoms with Crippen LogP contribution in [0.4, 0.5) is 34.1 Å². The van der Waals surface area contributed by atoms with Crippen molar-refractivity contribution in [1.29, 1.82) is 0 Å². The van der Waals surface area contributed by atoms with Crippen LogP contribution in [0, 0.1) is 41.5 Å². The van der Waals surface area contributed by atoms with Crippen molar-refractivity contribution in [1.82, 2.24) is 0 Å². The van der Waals surface area contributed by atoms with E-state index in [1.54, 1.807) is 0 Å². The zero-order valence-electron chi connectivity index (χ0n) is 39.7. The molecule has 9 aromatic carbocycles. The van der Waals surface area contributed by atoms with E-state index in [2.05, 4.69) is 225 Å². The predicted molar refractivity (Wildman–Crippen MR) is 282 cm³/mol. The first-order chi connectivity index (χ1) is 31.8. The van der Waals surface area contributed by atoms with Crippen molar-refractivity contribution in [2.45, 2.75) is 81.1 Å². The molecule has 0 saturated carbocycles. The van der Waals surface area contributed by atoms with Crippen LogP contribution in [0.25, 0.3) is 65.4 Å². The van der Waals surface area contributed by atoms with Gasteiger partial charge in [0.1, 0.15) is 22.3 Å². The number of hydrogen-bond donors (Lipinski definition) is 0. The van der Waals surface area contributed by atoms with E-state index in [-0.39, 0.29) is 0 Å². The lowest BCUT2D eigenvalue weighted by atomic mass is 9.98. The summed E-state index contributed by atoms with van der Waals surface area (Å²) in [6, 6.07) is 54.0. The van der Waals surface area contributed by atoms with Crippen LogP contribution < -0.4 is 9.80 Å². The molecule has 0 fully saturated rings. The van der Waals surface area contributed by atoms with Gasteiger partial charge < -0.3 is 18.6 Å². The maximum absolute atomic E-state index is 6.70. The van der Waals surface area contributed by atoms with Crippen LogP contribution in [0.15, 0.2) is 154 Å². The Hall–Kier alpha value is -7.30. The molecule has 11 aromatic rings. The summed E-state index contributed by atoms with van der Waals surface area (Å²) >= 11 is 0. The van der Waals surface area contributed by atoms with Crippen LogP contribution in [0.1, 0.15) is 84.0 Å². The van der Waals surface area contributed by atoms with Gasteiger partial charge in [0.05, 0.1) is 11.4 Å². The summed E-state index contributed by atoms with van der Waals surface area (Å²) in [7, 11) is 0. The normalized spacial score (nSPS) is 12.1. The Morgan fingerprint density at radius 2 is 0.712 bits per heavy atom. The Morgan fingerprint density at radius 3 is 1.09 bits per heavy atom. The number of rotatable bonds is 8. The molecule has 0 bridgehead atoms. The highest BCUT2D eigenvalue weighted by Gasteiger charge is 2.23. The summed E-state index contributed by atoms with van der Waals surface area (Å²) in [5.74, 6) is 0.924. The molecular formula is C62H56N2O2. The van der Waals surface area contributed by atoms with Gasteiger partial charge >= 0.3 is 0 Å². The molecule has 4 heteroatoms. The lowest BCUT2D eigenvalue weighted by molar-refractivity contribution is 0.656. The molecule has 0 aliphatic heterocycles. The highest BCUT2D eigenvalue weighted by Crippen LogP contribution is 2.46. The second-order valence-corrected chi connectivity index (χ2v) is 19.4. The quantitative estimate of drug-likeness (QED) is 0.152. The molecule has 0 aliphatic carbocycles. The van der Waals surface area contributed by atoms with E-state index in [0.29, 0.717) is 11.8 Å². The fourth-order valence-corrected chi connectivity index (χ4v) is 10.5. The first-order valence-electron chi connectivity index (χ1n) is 23.4. The molecule has 0 spiro atoms. The largest absolute Gasteiger partial charge is 0.456 e. The summed E-state index contributed by atoms with van der Waals surface area (Å²) in [4.78, 5) is 4.87. The summed E-state index contributed by atoms with van der Waals surface area (Å²) < 4.78 is 13.4. The summed E-state index contributed by atoms with van der Waals surface area (Å²) in [5.41, 5.74) is 20.6. The Labute approximate surface area is 387 Å². The molecule has 2 heterocycles. The number of furan rings is 2. The number of aryl methyl sites for hydroxylation is 6. The van der Waals surface area contributed by atoms with Crippen molar-refractivity contribution in [2.75, 3.05) is 9.80 Å². The van der Waals surface area contributed by atoms with Gasteiger partial charge in [0.2, 0.25) is 0 Å². The number of benzene rings is 9. The van der Waals surface area contributed by atoms with E-state index < -0.39 is 0 Å². The van der Waals surface area contributed by atoms with Gasteiger partial charge in [0.25, 0.3) is 0 Å². The van der Waals surface area contributed by atoms with Gasteiger partial charge in [-0.3, -0.25) is 0 Å². The van der Waals surface area contributed by atoms with Crippen molar-refractivity contribution < 1.29 is 8.83 Å². The molecule has 0 unspecified atom stereocenters. The molecule has 0 saturated heterocycles. The number of para-hydroxylation sites is 2. The van der Waals surface area contributed by atoms with Crippen LogP contribution in [0.2, 0.25) is 0 Å². The summed E-state index contributed by atoms with van der Waals surface area (Å²) in [6.07, 6.45) is 0. The Kier molecular flexibility index (Phi) is 9.85. The van der Waals surface area contributed by atoms with Gasteiger partial charge in [0, 0.05) is 50.4 Å². The van der Waals surface area contributed by atoms with Crippen LogP contribution in [-0.4, -0.2) is 0 Å². The molecule has 0 aliphatic rings. The molecule has 0 atom stereocenters. The number of hydrogen-bond acceptors (Lipinski definition) is 4. The van der Waals surface area contributed by atoms with Crippen molar-refractivity contribution in [2.24, 2.45) is 0 Å². The highest BCUT2D eigenvalue weighted by molar-refractivity contribution is 6.18.